The highest BCUT2D eigenvalue weighted by molar-refractivity contribution is 6.19. The molecule has 0 aromatic heterocycles. The number of amides is 1. The quantitative estimate of drug-likeness (QED) is 0.836. The van der Waals surface area contributed by atoms with Crippen LogP contribution in [0.2, 0.25) is 0 Å². The van der Waals surface area contributed by atoms with Crippen molar-refractivity contribution < 1.29 is 14.4 Å². The first-order chi connectivity index (χ1) is 11.1. The number of ketones is 2. The fourth-order valence-electron chi connectivity index (χ4n) is 2.35. The van der Waals surface area contributed by atoms with E-state index in [1.165, 1.54) is 6.20 Å². The van der Waals surface area contributed by atoms with E-state index in [1.807, 2.05) is 18.2 Å². The van der Waals surface area contributed by atoms with Gasteiger partial charge in [0.1, 0.15) is 5.70 Å². The summed E-state index contributed by atoms with van der Waals surface area (Å²) >= 11 is 0. The van der Waals surface area contributed by atoms with Crippen LogP contribution >= 0.6 is 0 Å². The molecule has 0 atom stereocenters. The van der Waals surface area contributed by atoms with Crippen molar-refractivity contribution in [2.24, 2.45) is 0 Å². The number of allylic oxidation sites excluding steroid dienone is 1. The van der Waals surface area contributed by atoms with Crippen LogP contribution in [0.15, 0.2) is 66.5 Å². The molecule has 0 saturated heterocycles. The van der Waals surface area contributed by atoms with Gasteiger partial charge in [0.25, 0.3) is 0 Å². The summed E-state index contributed by atoms with van der Waals surface area (Å²) in [5.41, 5.74) is 1.45. The van der Waals surface area contributed by atoms with Gasteiger partial charge in [0.2, 0.25) is 11.7 Å². The van der Waals surface area contributed by atoms with Crippen LogP contribution in [0.1, 0.15) is 27.1 Å². The number of rotatable bonds is 2. The van der Waals surface area contributed by atoms with Crippen molar-refractivity contribution in [1.29, 1.82) is 0 Å². The first-order valence-electron chi connectivity index (χ1n) is 7.13. The average molecular weight is 306 g/mol. The van der Waals surface area contributed by atoms with Gasteiger partial charge in [-0.2, -0.15) is 0 Å². The van der Waals surface area contributed by atoms with Crippen molar-refractivity contribution in [2.45, 2.75) is 6.42 Å². The van der Waals surface area contributed by atoms with Gasteiger partial charge in [-0.15, -0.1) is 0 Å². The Labute approximate surface area is 133 Å². The number of carbonyl (C=O) groups is 3. The molecule has 0 spiro atoms. The molecule has 0 aliphatic carbocycles. The van der Waals surface area contributed by atoms with Gasteiger partial charge in [-0.3, -0.25) is 14.4 Å². The number of nitrogens with one attached hydrogen (secondary N) is 2. The molecule has 2 aromatic rings. The Hall–Kier alpha value is -3.21. The monoisotopic (exact) mass is 306 g/mol. The topological polar surface area (TPSA) is 75.3 Å². The van der Waals surface area contributed by atoms with Gasteiger partial charge < -0.3 is 10.6 Å². The summed E-state index contributed by atoms with van der Waals surface area (Å²) in [7, 11) is 0. The molecule has 0 fully saturated rings. The lowest BCUT2D eigenvalue weighted by molar-refractivity contribution is -0.119. The molecule has 1 heterocycles. The summed E-state index contributed by atoms with van der Waals surface area (Å²) in [6, 6.07) is 15.7. The standard InChI is InChI=1S/C18H14N2O3/c21-16-10-17(22)19-11-15(20-12-6-2-1-3-7-12)18(23)14-9-5-4-8-13(14)16/h1-9,11,20H,10H2,(H,19,22)/b15-11+. The molecule has 5 nitrogen and oxygen atoms in total. The lowest BCUT2D eigenvalue weighted by Gasteiger charge is -2.11. The lowest BCUT2D eigenvalue weighted by Crippen LogP contribution is -2.21. The average Bonchev–Trinajstić information content (AvgIpc) is 2.62. The molecule has 0 saturated carbocycles. The van der Waals surface area contributed by atoms with Gasteiger partial charge in [-0.05, 0) is 12.1 Å². The summed E-state index contributed by atoms with van der Waals surface area (Å²) in [6.45, 7) is 0. The summed E-state index contributed by atoms with van der Waals surface area (Å²) in [4.78, 5) is 36.7. The summed E-state index contributed by atoms with van der Waals surface area (Å²) in [5, 5.41) is 5.47. The molecule has 1 amide bonds. The first kappa shape index (κ1) is 14.7. The van der Waals surface area contributed by atoms with Gasteiger partial charge >= 0.3 is 0 Å². The van der Waals surface area contributed by atoms with Crippen molar-refractivity contribution >= 4 is 23.2 Å². The van der Waals surface area contributed by atoms with Crippen molar-refractivity contribution in [2.75, 3.05) is 5.32 Å². The van der Waals surface area contributed by atoms with Crippen LogP contribution < -0.4 is 10.6 Å². The molecule has 1 aliphatic rings. The summed E-state index contributed by atoms with van der Waals surface area (Å²) in [6.07, 6.45) is 1.02. The van der Waals surface area contributed by atoms with E-state index in [1.54, 1.807) is 36.4 Å². The van der Waals surface area contributed by atoms with E-state index in [4.69, 9.17) is 0 Å². The Morgan fingerprint density at radius 1 is 0.826 bits per heavy atom. The largest absolute Gasteiger partial charge is 0.351 e. The maximum Gasteiger partial charge on any atom is 0.231 e. The van der Waals surface area contributed by atoms with E-state index in [-0.39, 0.29) is 34.8 Å². The third kappa shape index (κ3) is 3.18. The van der Waals surface area contributed by atoms with E-state index in [9.17, 15) is 14.4 Å². The van der Waals surface area contributed by atoms with E-state index in [0.29, 0.717) is 5.69 Å². The SMILES string of the molecule is O=C1CC(=O)c2ccccc2C(=O)/C(Nc2ccccc2)=C\N1. The van der Waals surface area contributed by atoms with Crippen LogP contribution in [-0.4, -0.2) is 17.5 Å². The molecule has 0 unspecified atom stereocenters. The molecule has 0 radical (unpaired) electrons. The van der Waals surface area contributed by atoms with Crippen LogP contribution in [0.5, 0.6) is 0 Å². The van der Waals surface area contributed by atoms with E-state index < -0.39 is 5.91 Å². The molecule has 0 bridgehead atoms. The molecule has 1 aliphatic heterocycles. The molecule has 2 aromatic carbocycles. The normalized spacial score (nSPS) is 17.0. The predicted octanol–water partition coefficient (Wildman–Crippen LogP) is 2.53. The number of carbonyl (C=O) groups excluding carboxylic acids is 3. The molecule has 114 valence electrons. The third-order valence-corrected chi connectivity index (χ3v) is 3.47. The van der Waals surface area contributed by atoms with Crippen molar-refractivity contribution in [3.63, 3.8) is 0 Å². The Morgan fingerprint density at radius 2 is 1.48 bits per heavy atom. The Bertz CT molecular complexity index is 810. The molecular weight excluding hydrogens is 292 g/mol. The maximum atomic E-state index is 12.8. The highest BCUT2D eigenvalue weighted by Crippen LogP contribution is 2.19. The Morgan fingerprint density at radius 3 is 2.22 bits per heavy atom. The molecule has 2 N–H and O–H groups in total. The van der Waals surface area contributed by atoms with Crippen molar-refractivity contribution in [1.82, 2.24) is 5.32 Å². The summed E-state index contributed by atoms with van der Waals surface area (Å²) in [5.74, 6) is -1.17. The zero-order valence-electron chi connectivity index (χ0n) is 12.2. The number of hydrogen-bond acceptors (Lipinski definition) is 4. The number of anilines is 1. The van der Waals surface area contributed by atoms with Gasteiger partial charge in [0.05, 0.1) is 6.42 Å². The first-order valence-corrected chi connectivity index (χ1v) is 7.13. The van der Waals surface area contributed by atoms with Crippen molar-refractivity contribution in [3.8, 4) is 0 Å². The molecule has 3 rings (SSSR count). The number of benzene rings is 2. The minimum Gasteiger partial charge on any atom is -0.351 e. The number of hydrogen-bond donors (Lipinski definition) is 2. The van der Waals surface area contributed by atoms with E-state index in [0.717, 1.165) is 0 Å². The second-order valence-electron chi connectivity index (χ2n) is 5.09. The highest BCUT2D eigenvalue weighted by Gasteiger charge is 2.23. The maximum absolute atomic E-state index is 12.8. The molecular formula is C18H14N2O3. The Kier molecular flexibility index (Phi) is 4.01. The van der Waals surface area contributed by atoms with Crippen LogP contribution in [-0.2, 0) is 4.79 Å². The van der Waals surface area contributed by atoms with Crippen LogP contribution in [0.25, 0.3) is 0 Å². The van der Waals surface area contributed by atoms with Crippen LogP contribution in [0.4, 0.5) is 5.69 Å². The zero-order chi connectivity index (χ0) is 16.2. The third-order valence-electron chi connectivity index (χ3n) is 3.47. The zero-order valence-corrected chi connectivity index (χ0v) is 12.2. The Balaban J connectivity index is 2.04. The van der Waals surface area contributed by atoms with Crippen molar-refractivity contribution in [3.05, 3.63) is 77.6 Å². The smallest absolute Gasteiger partial charge is 0.231 e. The highest BCUT2D eigenvalue weighted by atomic mass is 16.2. The van der Waals surface area contributed by atoms with Crippen LogP contribution in [0.3, 0.4) is 0 Å². The second kappa shape index (κ2) is 6.27. The minimum atomic E-state index is -0.452. The number of Topliss-reactive ketones (excluding diaryl/α,β-unsaturated/α-hetero) is 2. The fourth-order valence-corrected chi connectivity index (χ4v) is 2.35. The van der Waals surface area contributed by atoms with E-state index in [2.05, 4.69) is 10.6 Å². The molecule has 23 heavy (non-hydrogen) atoms. The minimum absolute atomic E-state index is 0.201. The summed E-state index contributed by atoms with van der Waals surface area (Å²) < 4.78 is 0. The van der Waals surface area contributed by atoms with Gasteiger partial charge in [0, 0.05) is 23.0 Å². The van der Waals surface area contributed by atoms with Gasteiger partial charge in [0.15, 0.2) is 5.78 Å². The fraction of sp³-hybridized carbons (Fsp3) is 0.0556. The van der Waals surface area contributed by atoms with Gasteiger partial charge in [-0.1, -0.05) is 42.5 Å². The lowest BCUT2D eigenvalue weighted by atomic mass is 9.97. The van der Waals surface area contributed by atoms with Gasteiger partial charge in [-0.25, -0.2) is 0 Å². The van der Waals surface area contributed by atoms with E-state index >= 15 is 0 Å². The number of para-hydroxylation sites is 1. The second-order valence-corrected chi connectivity index (χ2v) is 5.09. The molecule has 5 heteroatoms. The van der Waals surface area contributed by atoms with Crippen LogP contribution in [0, 0.1) is 0 Å². The number of fused-ring (bicyclic) bond motifs is 1. The predicted molar refractivity (Wildman–Crippen MR) is 86.0 cm³/mol.